The van der Waals surface area contributed by atoms with Gasteiger partial charge in [-0.25, -0.2) is 4.68 Å². The summed E-state index contributed by atoms with van der Waals surface area (Å²) >= 11 is 6.11. The van der Waals surface area contributed by atoms with E-state index in [0.29, 0.717) is 48.1 Å². The van der Waals surface area contributed by atoms with Crippen molar-refractivity contribution in [2.45, 2.75) is 13.0 Å². The molecule has 8 nitrogen and oxygen atoms in total. The molecule has 1 amide bonds. The zero-order chi connectivity index (χ0) is 25.2. The molecule has 2 saturated heterocycles. The number of aliphatic hydroxyl groups is 1. The first-order valence-corrected chi connectivity index (χ1v) is 12.3. The first kappa shape index (κ1) is 24.2. The molecule has 186 valence electrons. The predicted octanol–water partition coefficient (Wildman–Crippen LogP) is 3.59. The highest BCUT2D eigenvalue weighted by Crippen LogP contribution is 2.40. The maximum atomic E-state index is 13.3. The molecule has 2 fully saturated rings. The normalized spacial score (nSPS) is 20.3. The van der Waals surface area contributed by atoms with Crippen molar-refractivity contribution in [3.05, 3.63) is 88.2 Å². The highest BCUT2D eigenvalue weighted by molar-refractivity contribution is 6.46. The number of ether oxygens (including phenoxy) is 1. The summed E-state index contributed by atoms with van der Waals surface area (Å²) in [6, 6.07) is 15.8. The second kappa shape index (κ2) is 10.3. The monoisotopic (exact) mass is 506 g/mol. The van der Waals surface area contributed by atoms with Crippen LogP contribution < -0.4 is 0 Å². The molecule has 0 unspecified atom stereocenters. The number of nitrogens with zero attached hydrogens (tertiary/aromatic N) is 4. The maximum absolute atomic E-state index is 13.3. The Morgan fingerprint density at radius 2 is 1.75 bits per heavy atom. The molecule has 9 heteroatoms. The Morgan fingerprint density at radius 1 is 1.06 bits per heavy atom. The van der Waals surface area contributed by atoms with Crippen LogP contribution in [0.5, 0.6) is 0 Å². The van der Waals surface area contributed by atoms with E-state index in [1.54, 1.807) is 33.8 Å². The number of rotatable bonds is 6. The zero-order valence-corrected chi connectivity index (χ0v) is 20.7. The minimum absolute atomic E-state index is 0.0556. The number of carbonyl (C=O) groups is 2. The van der Waals surface area contributed by atoms with Crippen molar-refractivity contribution in [2.24, 2.45) is 0 Å². The summed E-state index contributed by atoms with van der Waals surface area (Å²) in [4.78, 5) is 30.3. The minimum atomic E-state index is -0.734. The summed E-state index contributed by atoms with van der Waals surface area (Å²) in [5.74, 6) is -1.57. The summed E-state index contributed by atoms with van der Waals surface area (Å²) < 4.78 is 7.11. The fraction of sp³-hybridized carbons (Fsp3) is 0.296. The van der Waals surface area contributed by atoms with E-state index >= 15 is 0 Å². The second-order valence-corrected chi connectivity index (χ2v) is 9.33. The summed E-state index contributed by atoms with van der Waals surface area (Å²) in [5.41, 5.74) is 2.65. The van der Waals surface area contributed by atoms with Crippen LogP contribution in [0, 0.1) is 6.92 Å². The number of para-hydroxylation sites is 1. The third kappa shape index (κ3) is 4.55. The van der Waals surface area contributed by atoms with Crippen LogP contribution in [0.15, 0.2) is 66.4 Å². The second-order valence-electron chi connectivity index (χ2n) is 8.89. The van der Waals surface area contributed by atoms with Crippen molar-refractivity contribution >= 4 is 29.1 Å². The smallest absolute Gasteiger partial charge is 0.295 e. The molecule has 2 aromatic carbocycles. The largest absolute Gasteiger partial charge is 0.507 e. The molecule has 0 radical (unpaired) electrons. The van der Waals surface area contributed by atoms with E-state index in [-0.39, 0.29) is 11.3 Å². The van der Waals surface area contributed by atoms with Crippen LogP contribution in [0.3, 0.4) is 0 Å². The minimum Gasteiger partial charge on any atom is -0.507 e. The molecule has 5 rings (SSSR count). The molecule has 3 aromatic rings. The average Bonchev–Trinajstić information content (AvgIpc) is 3.41. The van der Waals surface area contributed by atoms with Crippen molar-refractivity contribution in [1.82, 2.24) is 19.6 Å². The number of benzene rings is 2. The van der Waals surface area contributed by atoms with Gasteiger partial charge < -0.3 is 14.7 Å². The number of morpholine rings is 1. The van der Waals surface area contributed by atoms with Gasteiger partial charge in [-0.3, -0.25) is 14.5 Å². The van der Waals surface area contributed by atoms with Gasteiger partial charge in [0.15, 0.2) is 0 Å². The Labute approximate surface area is 214 Å². The van der Waals surface area contributed by atoms with Crippen molar-refractivity contribution in [1.29, 1.82) is 0 Å². The number of likely N-dealkylation sites (tertiary alicyclic amines) is 1. The molecule has 2 aliphatic rings. The van der Waals surface area contributed by atoms with Gasteiger partial charge in [0.1, 0.15) is 5.76 Å². The van der Waals surface area contributed by atoms with Gasteiger partial charge in [-0.15, -0.1) is 0 Å². The van der Waals surface area contributed by atoms with Gasteiger partial charge in [0.05, 0.1) is 48.0 Å². The zero-order valence-electron chi connectivity index (χ0n) is 19.9. The third-order valence-electron chi connectivity index (χ3n) is 6.75. The molecular weight excluding hydrogens is 480 g/mol. The molecule has 1 atom stereocenters. The van der Waals surface area contributed by atoms with Crippen LogP contribution in [0.2, 0.25) is 5.02 Å². The Morgan fingerprint density at radius 3 is 2.44 bits per heavy atom. The number of ketones is 1. The molecule has 1 aromatic heterocycles. The fourth-order valence-corrected chi connectivity index (χ4v) is 4.92. The van der Waals surface area contributed by atoms with Crippen LogP contribution in [-0.4, -0.2) is 75.8 Å². The van der Waals surface area contributed by atoms with E-state index in [1.807, 2.05) is 37.3 Å². The Kier molecular flexibility index (Phi) is 6.91. The molecular formula is C27H27ClN4O4. The molecule has 0 aliphatic carbocycles. The predicted molar refractivity (Wildman–Crippen MR) is 136 cm³/mol. The molecule has 1 N–H and O–H groups in total. The molecule has 36 heavy (non-hydrogen) atoms. The lowest BCUT2D eigenvalue weighted by molar-refractivity contribution is -0.140. The van der Waals surface area contributed by atoms with Crippen molar-refractivity contribution in [2.75, 3.05) is 39.4 Å². The summed E-state index contributed by atoms with van der Waals surface area (Å²) in [7, 11) is 0. The number of hydrogen-bond donors (Lipinski definition) is 1. The van der Waals surface area contributed by atoms with Gasteiger partial charge in [-0.2, -0.15) is 5.10 Å². The number of hydrogen-bond acceptors (Lipinski definition) is 6. The Bertz CT molecular complexity index is 1300. The standard InChI is InChI=1S/C27H27ClN4O4/c1-18-22(17-29-32(18)21-5-3-2-4-6-21)25(33)23-24(19-7-9-20(28)10-8-19)31(27(35)26(23)34)12-11-30-13-15-36-16-14-30/h2-10,17,24,33H,11-16H2,1H3/b25-23+/t24-/m0/s1. The van der Waals surface area contributed by atoms with E-state index in [2.05, 4.69) is 10.00 Å². The first-order chi connectivity index (χ1) is 17.5. The van der Waals surface area contributed by atoms with Crippen LogP contribution in [0.25, 0.3) is 11.4 Å². The van der Waals surface area contributed by atoms with Crippen LogP contribution in [-0.2, 0) is 14.3 Å². The van der Waals surface area contributed by atoms with E-state index in [0.717, 1.165) is 18.8 Å². The van der Waals surface area contributed by atoms with Gasteiger partial charge in [-0.1, -0.05) is 41.9 Å². The lowest BCUT2D eigenvalue weighted by Crippen LogP contribution is -2.42. The molecule has 0 bridgehead atoms. The number of carbonyl (C=O) groups excluding carboxylic acids is 2. The SMILES string of the molecule is Cc1c(/C(O)=C2\C(=O)C(=O)N(CCN3CCOCC3)[C@H]2c2ccc(Cl)cc2)cnn1-c1ccccc1. The van der Waals surface area contributed by atoms with Crippen LogP contribution in [0.1, 0.15) is 22.9 Å². The topological polar surface area (TPSA) is 87.9 Å². The number of Topliss-reactive ketones (excluding diaryl/α,β-unsaturated/α-hetero) is 1. The van der Waals surface area contributed by atoms with Gasteiger partial charge >= 0.3 is 0 Å². The number of aliphatic hydroxyl groups excluding tert-OH is 1. The lowest BCUT2D eigenvalue weighted by atomic mass is 9.95. The van der Waals surface area contributed by atoms with Gasteiger partial charge in [-0.05, 0) is 36.8 Å². The average molecular weight is 507 g/mol. The Hall–Kier alpha value is -3.46. The maximum Gasteiger partial charge on any atom is 0.295 e. The number of halogens is 1. The van der Waals surface area contributed by atoms with Crippen molar-refractivity contribution in [3.63, 3.8) is 0 Å². The third-order valence-corrected chi connectivity index (χ3v) is 7.00. The lowest BCUT2D eigenvalue weighted by Gasteiger charge is -2.31. The van der Waals surface area contributed by atoms with E-state index < -0.39 is 17.7 Å². The van der Waals surface area contributed by atoms with Crippen molar-refractivity contribution < 1.29 is 19.4 Å². The van der Waals surface area contributed by atoms with Gasteiger partial charge in [0, 0.05) is 31.2 Å². The molecule has 2 aliphatic heterocycles. The van der Waals surface area contributed by atoms with Gasteiger partial charge in [0.25, 0.3) is 11.7 Å². The summed E-state index contributed by atoms with van der Waals surface area (Å²) in [5, 5.41) is 16.4. The fourth-order valence-electron chi connectivity index (χ4n) is 4.79. The van der Waals surface area contributed by atoms with Crippen LogP contribution in [0.4, 0.5) is 0 Å². The highest BCUT2D eigenvalue weighted by Gasteiger charge is 2.46. The molecule has 3 heterocycles. The highest BCUT2D eigenvalue weighted by atomic mass is 35.5. The van der Waals surface area contributed by atoms with Crippen molar-refractivity contribution in [3.8, 4) is 5.69 Å². The molecule has 0 saturated carbocycles. The van der Waals surface area contributed by atoms with Crippen LogP contribution >= 0.6 is 11.6 Å². The Balaban J connectivity index is 1.55. The van der Waals surface area contributed by atoms with E-state index in [9.17, 15) is 14.7 Å². The summed E-state index contributed by atoms with van der Waals surface area (Å²) in [6.07, 6.45) is 1.53. The van der Waals surface area contributed by atoms with Gasteiger partial charge in [0.2, 0.25) is 0 Å². The number of aromatic nitrogens is 2. The number of amides is 1. The van der Waals surface area contributed by atoms with E-state index in [4.69, 9.17) is 16.3 Å². The first-order valence-electron chi connectivity index (χ1n) is 11.9. The quantitative estimate of drug-likeness (QED) is 0.312. The molecule has 0 spiro atoms. The van der Waals surface area contributed by atoms with E-state index in [1.165, 1.54) is 6.20 Å². The summed E-state index contributed by atoms with van der Waals surface area (Å²) in [6.45, 7) is 5.60.